The summed E-state index contributed by atoms with van der Waals surface area (Å²) in [5.74, 6) is -3.88. The number of carboxylic acid groups (broad SMARTS) is 1. The fourth-order valence-electron chi connectivity index (χ4n) is 5.05. The van der Waals surface area contributed by atoms with E-state index in [0.29, 0.717) is 11.1 Å². The van der Waals surface area contributed by atoms with E-state index in [4.69, 9.17) is 28.4 Å². The van der Waals surface area contributed by atoms with E-state index in [2.05, 4.69) is 0 Å². The third-order valence-electron chi connectivity index (χ3n) is 8.12. The Morgan fingerprint density at radius 1 is 0.588 bits per heavy atom. The summed E-state index contributed by atoms with van der Waals surface area (Å²) in [6, 6.07) is 11.4. The summed E-state index contributed by atoms with van der Waals surface area (Å²) in [6.07, 6.45) is -17.0. The number of esters is 2. The zero-order valence-corrected chi connectivity index (χ0v) is 26.8. The lowest BCUT2D eigenvalue weighted by Crippen LogP contribution is -2.60. The topological polar surface area (TPSA) is 309 Å². The molecule has 19 heteroatoms. The molecule has 2 aliphatic heterocycles. The molecular weight excluding hydrogens is 688 g/mol. The van der Waals surface area contributed by atoms with Gasteiger partial charge in [0.2, 0.25) is 12.6 Å². The Balaban J connectivity index is 1.23. The first-order valence-electron chi connectivity index (χ1n) is 15.5. The number of aliphatic hydroxyl groups is 9. The fourth-order valence-corrected chi connectivity index (χ4v) is 5.05. The highest BCUT2D eigenvalue weighted by atomic mass is 16.7. The van der Waals surface area contributed by atoms with Crippen molar-refractivity contribution in [2.24, 2.45) is 0 Å². The predicted octanol–water partition coefficient (Wildman–Crippen LogP) is -3.57. The fraction of sp³-hybridized carbons (Fsp3) is 0.531. The van der Waals surface area contributed by atoms with Crippen molar-refractivity contribution in [2.45, 2.75) is 93.1 Å². The van der Waals surface area contributed by atoms with Crippen LogP contribution < -0.4 is 9.47 Å². The van der Waals surface area contributed by atoms with Crippen LogP contribution in [0.3, 0.4) is 0 Å². The molecule has 2 heterocycles. The minimum absolute atomic E-state index is 0.144. The molecule has 0 saturated carbocycles. The molecule has 2 aromatic carbocycles. The number of ether oxygens (including phenoxy) is 6. The number of hydrogen-bond donors (Lipinski definition) is 10. The average molecular weight is 729 g/mol. The van der Waals surface area contributed by atoms with Crippen LogP contribution in [-0.4, -0.2) is 149 Å². The van der Waals surface area contributed by atoms with Gasteiger partial charge in [-0.25, -0.2) is 4.79 Å². The maximum Gasteiger partial charge on any atom is 0.336 e. The van der Waals surface area contributed by atoms with Gasteiger partial charge in [0.15, 0.2) is 5.60 Å². The Morgan fingerprint density at radius 2 is 0.941 bits per heavy atom. The van der Waals surface area contributed by atoms with Crippen LogP contribution in [-0.2, 0) is 46.5 Å². The highest BCUT2D eigenvalue weighted by Crippen LogP contribution is 2.27. The highest BCUT2D eigenvalue weighted by Gasteiger charge is 2.46. The second-order valence-corrected chi connectivity index (χ2v) is 11.9. The number of hydrogen-bond acceptors (Lipinski definition) is 18. The summed E-state index contributed by atoms with van der Waals surface area (Å²) in [5, 5.41) is 98.5. The lowest BCUT2D eigenvalue weighted by Gasteiger charge is -2.39. The molecule has 2 aliphatic rings. The van der Waals surface area contributed by atoms with Gasteiger partial charge in [-0.15, -0.1) is 0 Å². The van der Waals surface area contributed by atoms with Crippen LogP contribution in [0.1, 0.15) is 24.0 Å². The van der Waals surface area contributed by atoms with Gasteiger partial charge in [-0.3, -0.25) is 9.59 Å². The van der Waals surface area contributed by atoms with Gasteiger partial charge in [0, 0.05) is 0 Å². The predicted molar refractivity (Wildman–Crippen MR) is 163 cm³/mol. The van der Waals surface area contributed by atoms with Crippen molar-refractivity contribution in [2.75, 3.05) is 13.2 Å². The quantitative estimate of drug-likeness (QED) is 0.0793. The second kappa shape index (κ2) is 17.5. The number of rotatable bonds is 15. The van der Waals surface area contributed by atoms with Gasteiger partial charge in [0.25, 0.3) is 0 Å². The van der Waals surface area contributed by atoms with E-state index in [1.165, 1.54) is 48.5 Å². The lowest BCUT2D eigenvalue weighted by atomic mass is 9.96. The molecule has 2 aromatic rings. The van der Waals surface area contributed by atoms with Gasteiger partial charge in [0.05, 0.1) is 26.1 Å². The van der Waals surface area contributed by atoms with E-state index in [9.17, 15) is 65.4 Å². The first-order chi connectivity index (χ1) is 24.1. The molecule has 51 heavy (non-hydrogen) atoms. The molecule has 0 aliphatic carbocycles. The number of carbonyl (C=O) groups is 3. The van der Waals surface area contributed by atoms with Crippen LogP contribution in [0, 0.1) is 0 Å². The Labute approximate surface area is 289 Å². The number of aliphatic carboxylic acids is 1. The Bertz CT molecular complexity index is 1350. The largest absolute Gasteiger partial charge is 0.479 e. The van der Waals surface area contributed by atoms with Crippen molar-refractivity contribution in [3.8, 4) is 11.5 Å². The molecule has 19 nitrogen and oxygen atoms in total. The van der Waals surface area contributed by atoms with E-state index in [1.54, 1.807) is 0 Å². The number of aliphatic hydroxyl groups excluding tert-OH is 8. The number of benzene rings is 2. The molecule has 0 bridgehead atoms. The lowest BCUT2D eigenvalue weighted by molar-refractivity contribution is -0.277. The minimum atomic E-state index is -2.86. The van der Waals surface area contributed by atoms with E-state index >= 15 is 0 Å². The summed E-state index contributed by atoms with van der Waals surface area (Å²) < 4.78 is 31.6. The van der Waals surface area contributed by atoms with Gasteiger partial charge < -0.3 is 79.5 Å². The summed E-state index contributed by atoms with van der Waals surface area (Å²) >= 11 is 0. The van der Waals surface area contributed by atoms with Crippen LogP contribution in [0.4, 0.5) is 0 Å². The van der Waals surface area contributed by atoms with Crippen molar-refractivity contribution in [3.63, 3.8) is 0 Å². The van der Waals surface area contributed by atoms with Crippen LogP contribution in [0.5, 0.6) is 11.5 Å². The first-order valence-corrected chi connectivity index (χ1v) is 15.5. The van der Waals surface area contributed by atoms with Crippen molar-refractivity contribution >= 4 is 17.9 Å². The molecule has 2 saturated heterocycles. The Kier molecular flexibility index (Phi) is 13.6. The minimum Gasteiger partial charge on any atom is -0.479 e. The number of carboxylic acids is 1. The van der Waals surface area contributed by atoms with Crippen molar-refractivity contribution < 1.29 is 93.9 Å². The van der Waals surface area contributed by atoms with Gasteiger partial charge in [-0.1, -0.05) is 24.3 Å². The highest BCUT2D eigenvalue weighted by molar-refractivity contribution is 5.89. The van der Waals surface area contributed by atoms with E-state index in [1.807, 2.05) is 0 Å². The molecule has 4 rings (SSSR count). The Hall–Kier alpha value is -3.99. The standard InChI is InChI=1S/C32H40O19/c33-11-19-23(37)25(39)27(41)29(50-19)48-17-5-1-15(2-6-17)13-46-21(35)9-32(45,31(43)44)10-22(36)47-14-16-3-7-18(8-4-16)49-30-28(42)26(40)24(38)20(12-34)51-30/h1-8,19-20,23-30,33-34,37-42,45H,9-14H2,(H,43,44)/t19-,20-,23-,24-,25+,26+,27-,28-,29+,30+/m1/s1. The molecule has 0 aromatic heterocycles. The Morgan fingerprint density at radius 3 is 1.25 bits per heavy atom. The van der Waals surface area contributed by atoms with Crippen LogP contribution in [0.2, 0.25) is 0 Å². The van der Waals surface area contributed by atoms with Crippen LogP contribution >= 0.6 is 0 Å². The third-order valence-corrected chi connectivity index (χ3v) is 8.12. The maximum absolute atomic E-state index is 12.4. The first kappa shape index (κ1) is 39.8. The smallest absolute Gasteiger partial charge is 0.336 e. The van der Waals surface area contributed by atoms with Gasteiger partial charge in [-0.2, -0.15) is 0 Å². The van der Waals surface area contributed by atoms with Crippen molar-refractivity contribution in [3.05, 3.63) is 59.7 Å². The summed E-state index contributed by atoms with van der Waals surface area (Å²) in [7, 11) is 0. The van der Waals surface area contributed by atoms with E-state index < -0.39 is 111 Å². The summed E-state index contributed by atoms with van der Waals surface area (Å²) in [4.78, 5) is 36.7. The molecule has 0 unspecified atom stereocenters. The van der Waals surface area contributed by atoms with Crippen molar-refractivity contribution in [1.82, 2.24) is 0 Å². The number of carbonyl (C=O) groups excluding carboxylic acids is 2. The molecule has 0 amide bonds. The molecule has 10 atom stereocenters. The monoisotopic (exact) mass is 728 g/mol. The average Bonchev–Trinajstić information content (AvgIpc) is 3.11. The molecule has 2 fully saturated rings. The molecular formula is C32H40O19. The SMILES string of the molecule is O=C(CC(O)(CC(=O)OCc1ccc(O[C@H]2O[C@H](CO)[C@@H](O)[C@H](O)[C@H]2O)cc1)C(=O)O)OCc1ccc(O[C@H]2O[C@H](CO)[C@@H](O)[C@H](O)[C@H]2O)cc1. The molecule has 0 radical (unpaired) electrons. The van der Waals surface area contributed by atoms with E-state index in [0.717, 1.165) is 0 Å². The normalized spacial score (nSPS) is 29.5. The van der Waals surface area contributed by atoms with Crippen LogP contribution in [0.25, 0.3) is 0 Å². The van der Waals surface area contributed by atoms with Gasteiger partial charge in [-0.05, 0) is 35.4 Å². The van der Waals surface area contributed by atoms with E-state index in [-0.39, 0.29) is 24.7 Å². The molecule has 10 N–H and O–H groups in total. The van der Waals surface area contributed by atoms with Crippen molar-refractivity contribution in [1.29, 1.82) is 0 Å². The second-order valence-electron chi connectivity index (χ2n) is 11.9. The van der Waals surface area contributed by atoms with Crippen LogP contribution in [0.15, 0.2) is 48.5 Å². The molecule has 282 valence electrons. The summed E-state index contributed by atoms with van der Waals surface area (Å²) in [6.45, 7) is -2.01. The molecule has 0 spiro atoms. The zero-order valence-electron chi connectivity index (χ0n) is 26.8. The van der Waals surface area contributed by atoms with Gasteiger partial charge in [0.1, 0.15) is 73.5 Å². The summed E-state index contributed by atoms with van der Waals surface area (Å²) in [5.41, 5.74) is -2.07. The maximum atomic E-state index is 12.4. The zero-order chi connectivity index (χ0) is 37.5. The third kappa shape index (κ3) is 10.1. The van der Waals surface area contributed by atoms with Gasteiger partial charge >= 0.3 is 17.9 Å².